The Morgan fingerprint density at radius 3 is 2.29 bits per heavy atom. The monoisotopic (exact) mass is 254 g/mol. The van der Waals surface area contributed by atoms with Gasteiger partial charge < -0.3 is 4.90 Å². The number of likely N-dealkylation sites (tertiary alicyclic amines) is 1. The zero-order valence-corrected chi connectivity index (χ0v) is 11.1. The maximum Gasteiger partial charge on any atom is 0.254 e. The van der Waals surface area contributed by atoms with Crippen molar-refractivity contribution in [2.75, 3.05) is 0 Å². The lowest BCUT2D eigenvalue weighted by Gasteiger charge is -2.39. The van der Waals surface area contributed by atoms with E-state index in [-0.39, 0.29) is 18.3 Å². The number of pyridine rings is 1. The first kappa shape index (κ1) is 14.0. The zero-order chi connectivity index (χ0) is 11.5. The molecule has 1 aliphatic rings. The van der Waals surface area contributed by atoms with Crippen LogP contribution in [0.15, 0.2) is 24.5 Å². The van der Waals surface area contributed by atoms with Gasteiger partial charge in [-0.05, 0) is 45.2 Å². The van der Waals surface area contributed by atoms with Gasteiger partial charge in [0.2, 0.25) is 0 Å². The van der Waals surface area contributed by atoms with E-state index in [0.717, 1.165) is 18.4 Å². The fraction of sp³-hybridized carbons (Fsp3) is 0.538. The second-order valence-electron chi connectivity index (χ2n) is 4.58. The van der Waals surface area contributed by atoms with Crippen LogP contribution < -0.4 is 0 Å². The molecule has 1 saturated heterocycles. The molecule has 2 unspecified atom stereocenters. The first-order valence-corrected chi connectivity index (χ1v) is 5.93. The molecule has 0 saturated carbocycles. The second kappa shape index (κ2) is 6.01. The Labute approximate surface area is 109 Å². The normalized spacial score (nSPS) is 24.0. The number of piperidine rings is 1. The van der Waals surface area contributed by atoms with Gasteiger partial charge in [-0.15, -0.1) is 12.4 Å². The maximum atomic E-state index is 12.3. The molecule has 0 radical (unpaired) electrons. The van der Waals surface area contributed by atoms with Crippen molar-refractivity contribution in [2.45, 2.75) is 45.2 Å². The van der Waals surface area contributed by atoms with Gasteiger partial charge in [-0.2, -0.15) is 0 Å². The van der Waals surface area contributed by atoms with Gasteiger partial charge in [-0.25, -0.2) is 0 Å². The summed E-state index contributed by atoms with van der Waals surface area (Å²) in [4.78, 5) is 18.3. The molecule has 0 bridgehead atoms. The smallest absolute Gasteiger partial charge is 0.254 e. The highest BCUT2D eigenvalue weighted by atomic mass is 35.5. The molecule has 1 amide bonds. The van der Waals surface area contributed by atoms with Gasteiger partial charge in [-0.3, -0.25) is 9.78 Å². The van der Waals surface area contributed by atoms with Crippen LogP contribution in [0.2, 0.25) is 0 Å². The summed E-state index contributed by atoms with van der Waals surface area (Å²) in [5.41, 5.74) is 0.746. The molecule has 1 aliphatic heterocycles. The van der Waals surface area contributed by atoms with Gasteiger partial charge in [-0.1, -0.05) is 0 Å². The molecule has 2 rings (SSSR count). The summed E-state index contributed by atoms with van der Waals surface area (Å²) in [5.74, 6) is 0.141. The quantitative estimate of drug-likeness (QED) is 0.772. The number of carbonyl (C=O) groups excluding carboxylic acids is 1. The maximum absolute atomic E-state index is 12.3. The molecule has 0 aliphatic carbocycles. The van der Waals surface area contributed by atoms with Crippen LogP contribution in [0.4, 0.5) is 0 Å². The van der Waals surface area contributed by atoms with E-state index >= 15 is 0 Å². The van der Waals surface area contributed by atoms with E-state index in [4.69, 9.17) is 0 Å². The fourth-order valence-corrected chi connectivity index (χ4v) is 2.47. The Morgan fingerprint density at radius 1 is 1.24 bits per heavy atom. The molecular formula is C13H19ClN2O. The highest BCUT2D eigenvalue weighted by molar-refractivity contribution is 5.94. The van der Waals surface area contributed by atoms with E-state index in [1.54, 1.807) is 24.5 Å². The molecular weight excluding hydrogens is 236 g/mol. The van der Waals surface area contributed by atoms with Crippen molar-refractivity contribution in [3.05, 3.63) is 30.1 Å². The number of carbonyl (C=O) groups is 1. The Kier molecular flexibility index (Phi) is 4.94. The third-order valence-corrected chi connectivity index (χ3v) is 3.36. The van der Waals surface area contributed by atoms with Gasteiger partial charge in [0.25, 0.3) is 5.91 Å². The molecule has 2 heterocycles. The highest BCUT2D eigenvalue weighted by Crippen LogP contribution is 2.24. The van der Waals surface area contributed by atoms with Crippen LogP contribution >= 0.6 is 12.4 Å². The molecule has 0 N–H and O–H groups in total. The third kappa shape index (κ3) is 2.97. The molecule has 3 nitrogen and oxygen atoms in total. The number of amides is 1. The number of nitrogens with zero attached hydrogens (tertiary/aromatic N) is 2. The largest absolute Gasteiger partial charge is 0.333 e. The Hall–Kier alpha value is -1.09. The lowest BCUT2D eigenvalue weighted by molar-refractivity contribution is 0.0510. The first-order valence-electron chi connectivity index (χ1n) is 5.93. The summed E-state index contributed by atoms with van der Waals surface area (Å²) >= 11 is 0. The predicted octanol–water partition coefficient (Wildman–Crippen LogP) is 2.91. The topological polar surface area (TPSA) is 33.2 Å². The Balaban J connectivity index is 0.00000144. The second-order valence-corrected chi connectivity index (χ2v) is 4.58. The van der Waals surface area contributed by atoms with Crippen molar-refractivity contribution in [1.29, 1.82) is 0 Å². The standard InChI is InChI=1S/C13H18N2O.ClH/c1-10-4-3-5-11(2)15(10)13(16)12-6-8-14-9-7-12;/h6-11H,3-5H2,1-2H3;1H. The van der Waals surface area contributed by atoms with Gasteiger partial charge in [0.15, 0.2) is 0 Å². The molecule has 4 heteroatoms. The summed E-state index contributed by atoms with van der Waals surface area (Å²) in [5, 5.41) is 0. The third-order valence-electron chi connectivity index (χ3n) is 3.36. The average molecular weight is 255 g/mol. The van der Waals surface area contributed by atoms with Gasteiger partial charge in [0.05, 0.1) is 0 Å². The zero-order valence-electron chi connectivity index (χ0n) is 10.3. The minimum atomic E-state index is 0. The van der Waals surface area contributed by atoms with Crippen LogP contribution in [-0.4, -0.2) is 27.9 Å². The van der Waals surface area contributed by atoms with Crippen LogP contribution in [0.1, 0.15) is 43.5 Å². The molecule has 94 valence electrons. The SMILES string of the molecule is CC1CCCC(C)N1C(=O)c1ccncc1.Cl. The molecule has 0 aromatic carbocycles. The minimum absolute atomic E-state index is 0. The lowest BCUT2D eigenvalue weighted by Crippen LogP contribution is -2.47. The summed E-state index contributed by atoms with van der Waals surface area (Å²) in [7, 11) is 0. The summed E-state index contributed by atoms with van der Waals surface area (Å²) in [6.45, 7) is 4.27. The molecule has 1 aromatic rings. The van der Waals surface area contributed by atoms with Crippen LogP contribution in [0.25, 0.3) is 0 Å². The number of halogens is 1. The van der Waals surface area contributed by atoms with Gasteiger partial charge in [0.1, 0.15) is 0 Å². The summed E-state index contributed by atoms with van der Waals surface area (Å²) in [6, 6.07) is 4.28. The van der Waals surface area contributed by atoms with E-state index in [1.807, 2.05) is 4.90 Å². The van der Waals surface area contributed by atoms with E-state index in [0.29, 0.717) is 12.1 Å². The van der Waals surface area contributed by atoms with Crippen molar-refractivity contribution >= 4 is 18.3 Å². The van der Waals surface area contributed by atoms with Crippen molar-refractivity contribution in [3.63, 3.8) is 0 Å². The Bertz CT molecular complexity index is 359. The highest BCUT2D eigenvalue weighted by Gasteiger charge is 2.29. The van der Waals surface area contributed by atoms with Gasteiger partial charge >= 0.3 is 0 Å². The average Bonchev–Trinajstić information content (AvgIpc) is 2.30. The number of hydrogen-bond donors (Lipinski definition) is 0. The Morgan fingerprint density at radius 2 is 1.76 bits per heavy atom. The van der Waals surface area contributed by atoms with Crippen LogP contribution in [0, 0.1) is 0 Å². The first-order chi connectivity index (χ1) is 7.70. The van der Waals surface area contributed by atoms with Gasteiger partial charge in [0, 0.05) is 30.0 Å². The number of rotatable bonds is 1. The van der Waals surface area contributed by atoms with Crippen LogP contribution in [0.3, 0.4) is 0 Å². The summed E-state index contributed by atoms with van der Waals surface area (Å²) in [6.07, 6.45) is 6.80. The van der Waals surface area contributed by atoms with E-state index in [2.05, 4.69) is 18.8 Å². The molecule has 17 heavy (non-hydrogen) atoms. The summed E-state index contributed by atoms with van der Waals surface area (Å²) < 4.78 is 0. The fourth-order valence-electron chi connectivity index (χ4n) is 2.47. The molecule has 2 atom stereocenters. The van der Waals surface area contributed by atoms with Crippen molar-refractivity contribution in [2.24, 2.45) is 0 Å². The number of aromatic nitrogens is 1. The van der Waals surface area contributed by atoms with Crippen molar-refractivity contribution in [1.82, 2.24) is 9.88 Å². The minimum Gasteiger partial charge on any atom is -0.333 e. The van der Waals surface area contributed by atoms with E-state index < -0.39 is 0 Å². The van der Waals surface area contributed by atoms with E-state index in [1.165, 1.54) is 6.42 Å². The number of hydrogen-bond acceptors (Lipinski definition) is 2. The molecule has 1 aromatic heterocycles. The molecule has 0 spiro atoms. The van der Waals surface area contributed by atoms with Crippen molar-refractivity contribution in [3.8, 4) is 0 Å². The van der Waals surface area contributed by atoms with Crippen LogP contribution in [-0.2, 0) is 0 Å². The lowest BCUT2D eigenvalue weighted by atomic mass is 9.96. The van der Waals surface area contributed by atoms with Crippen LogP contribution in [0.5, 0.6) is 0 Å². The predicted molar refractivity (Wildman–Crippen MR) is 70.4 cm³/mol. The molecule has 1 fully saturated rings. The van der Waals surface area contributed by atoms with E-state index in [9.17, 15) is 4.79 Å². The van der Waals surface area contributed by atoms with Crippen molar-refractivity contribution < 1.29 is 4.79 Å².